The van der Waals surface area contributed by atoms with E-state index >= 15 is 0 Å². The lowest BCUT2D eigenvalue weighted by Crippen LogP contribution is -2.42. The summed E-state index contributed by atoms with van der Waals surface area (Å²) >= 11 is 0. The fraction of sp³-hybridized carbons (Fsp3) is 0.464. The molecule has 0 radical (unpaired) electrons. The van der Waals surface area contributed by atoms with Crippen molar-refractivity contribution < 1.29 is 4.74 Å². The molecule has 2 aromatic rings. The minimum atomic E-state index is -0.632. The summed E-state index contributed by atoms with van der Waals surface area (Å²) in [5.41, 5.74) is 0.139. The second kappa shape index (κ2) is 7.31. The zero-order valence-corrected chi connectivity index (χ0v) is 20.3. The number of rotatable bonds is 4. The fourth-order valence-electron chi connectivity index (χ4n) is 5.84. The summed E-state index contributed by atoms with van der Waals surface area (Å²) < 4.78 is 6.50. The molecule has 1 fully saturated rings. The second-order valence-electron chi connectivity index (χ2n) is 11.0. The van der Waals surface area contributed by atoms with Crippen molar-refractivity contribution in [2.45, 2.75) is 53.5 Å². The van der Waals surface area contributed by atoms with Crippen molar-refractivity contribution in [2.75, 3.05) is 6.61 Å². The van der Waals surface area contributed by atoms with Crippen LogP contribution in [0.5, 0.6) is 0 Å². The van der Waals surface area contributed by atoms with E-state index < -0.39 is 7.92 Å². The molecule has 3 aliphatic rings. The van der Waals surface area contributed by atoms with Gasteiger partial charge in [-0.25, -0.2) is 4.99 Å². The molecule has 0 unspecified atom stereocenters. The first-order chi connectivity index (χ1) is 14.7. The van der Waals surface area contributed by atoms with Crippen LogP contribution in [0.25, 0.3) is 0 Å². The van der Waals surface area contributed by atoms with E-state index in [1.807, 2.05) is 0 Å². The van der Waals surface area contributed by atoms with Gasteiger partial charge in [-0.05, 0) is 53.4 Å². The predicted octanol–water partition coefficient (Wildman–Crippen LogP) is 6.28. The van der Waals surface area contributed by atoms with Crippen LogP contribution in [-0.4, -0.2) is 18.5 Å². The summed E-state index contributed by atoms with van der Waals surface area (Å²) in [7, 11) is -0.632. The molecule has 1 aliphatic heterocycles. The number of hydrogen-bond acceptors (Lipinski definition) is 2. The third-order valence-electron chi connectivity index (χ3n) is 7.94. The molecule has 5 rings (SSSR count). The second-order valence-corrected chi connectivity index (χ2v) is 13.1. The monoisotopic (exact) mass is 431 g/mol. The van der Waals surface area contributed by atoms with Gasteiger partial charge in [0.15, 0.2) is 5.90 Å². The highest BCUT2D eigenvalue weighted by atomic mass is 31.1. The molecule has 3 atom stereocenters. The van der Waals surface area contributed by atoms with Crippen LogP contribution < -0.4 is 10.6 Å². The van der Waals surface area contributed by atoms with Gasteiger partial charge < -0.3 is 4.74 Å². The van der Waals surface area contributed by atoms with Crippen molar-refractivity contribution in [3.05, 3.63) is 72.1 Å². The first-order valence-corrected chi connectivity index (χ1v) is 12.9. The first kappa shape index (κ1) is 21.0. The summed E-state index contributed by atoms with van der Waals surface area (Å²) in [6.07, 6.45) is 4.99. The number of fused-ring (bicyclic) bond motifs is 2. The molecule has 2 nitrogen and oxygen atoms in total. The molecule has 2 bridgehead atoms. The SMILES string of the molecule is CC(C)(C)[C@H]1COC([C@]23CC[C@H](C=C2P(c2ccccc2)c2ccccc2)C3(C)C)=N1. The van der Waals surface area contributed by atoms with Crippen molar-refractivity contribution in [1.29, 1.82) is 0 Å². The molecule has 162 valence electrons. The van der Waals surface area contributed by atoms with Crippen LogP contribution >= 0.6 is 7.92 Å². The maximum atomic E-state index is 6.50. The van der Waals surface area contributed by atoms with Gasteiger partial charge in [0.25, 0.3) is 0 Å². The van der Waals surface area contributed by atoms with E-state index in [1.54, 1.807) is 5.31 Å². The number of ether oxygens (including phenoxy) is 1. The Bertz CT molecular complexity index is 978. The largest absolute Gasteiger partial charge is 0.478 e. The average molecular weight is 432 g/mol. The number of allylic oxidation sites excluding steroid dienone is 1. The highest BCUT2D eigenvalue weighted by Crippen LogP contribution is 2.72. The molecule has 1 heterocycles. The van der Waals surface area contributed by atoms with Crippen LogP contribution in [0.4, 0.5) is 0 Å². The van der Waals surface area contributed by atoms with Gasteiger partial charge in [0.1, 0.15) is 6.61 Å². The van der Waals surface area contributed by atoms with E-state index in [-0.39, 0.29) is 22.3 Å². The van der Waals surface area contributed by atoms with Gasteiger partial charge in [0.2, 0.25) is 0 Å². The van der Waals surface area contributed by atoms with Gasteiger partial charge in [-0.1, -0.05) is 101 Å². The minimum absolute atomic E-state index is 0.102. The standard InChI is InChI=1S/C28H34NOP/c1-26(2,3)23-19-30-25(29-23)28-17-16-20(27(28,4)5)18-24(28)31(21-12-8-6-9-13-21)22-14-10-7-11-15-22/h6-15,18,20,23H,16-17,19H2,1-5H3/t20-,23-,28+/m1/s1. The molecule has 1 saturated carbocycles. The summed E-state index contributed by atoms with van der Waals surface area (Å²) in [5.74, 6) is 1.60. The maximum Gasteiger partial charge on any atom is 0.195 e. The van der Waals surface area contributed by atoms with Crippen LogP contribution in [0.15, 0.2) is 77.0 Å². The number of nitrogens with zero attached hydrogens (tertiary/aromatic N) is 1. The molecule has 3 heteroatoms. The molecule has 0 saturated heterocycles. The Balaban J connectivity index is 1.68. The van der Waals surface area contributed by atoms with Gasteiger partial charge in [0, 0.05) is 0 Å². The fourth-order valence-corrected chi connectivity index (χ4v) is 8.85. The van der Waals surface area contributed by atoms with E-state index in [2.05, 4.69) is 101 Å². The molecule has 2 aliphatic carbocycles. The van der Waals surface area contributed by atoms with Crippen LogP contribution in [0.1, 0.15) is 47.5 Å². The maximum absolute atomic E-state index is 6.50. The summed E-state index contributed by atoms with van der Waals surface area (Å²) in [6.45, 7) is 12.4. The Kier molecular flexibility index (Phi) is 4.94. The lowest BCUT2D eigenvalue weighted by atomic mass is 9.68. The molecule has 31 heavy (non-hydrogen) atoms. The molecule has 0 N–H and O–H groups in total. The van der Waals surface area contributed by atoms with E-state index in [0.29, 0.717) is 12.5 Å². The summed E-state index contributed by atoms with van der Waals surface area (Å²) in [4.78, 5) is 5.29. The third-order valence-corrected chi connectivity index (χ3v) is 10.6. The zero-order chi connectivity index (χ0) is 21.9. The lowest BCUT2D eigenvalue weighted by Gasteiger charge is -2.42. The Labute approximate surface area is 188 Å². The van der Waals surface area contributed by atoms with Crippen molar-refractivity contribution >= 4 is 24.4 Å². The number of aliphatic imine (C=N–C) groups is 1. The van der Waals surface area contributed by atoms with Crippen LogP contribution in [-0.2, 0) is 4.74 Å². The molecular formula is C28H34NOP. The minimum Gasteiger partial charge on any atom is -0.478 e. The van der Waals surface area contributed by atoms with Crippen LogP contribution in [0.2, 0.25) is 0 Å². The molecule has 2 aromatic carbocycles. The first-order valence-electron chi connectivity index (χ1n) is 11.6. The van der Waals surface area contributed by atoms with E-state index in [0.717, 1.165) is 12.3 Å². The average Bonchev–Trinajstić information content (AvgIpc) is 3.40. The Morgan fingerprint density at radius 1 is 0.935 bits per heavy atom. The van der Waals surface area contributed by atoms with E-state index in [9.17, 15) is 0 Å². The molecular weight excluding hydrogens is 397 g/mol. The molecule has 0 spiro atoms. The van der Waals surface area contributed by atoms with Crippen molar-refractivity contribution in [2.24, 2.45) is 27.2 Å². The van der Waals surface area contributed by atoms with Gasteiger partial charge in [-0.15, -0.1) is 0 Å². The normalized spacial score (nSPS) is 29.1. The van der Waals surface area contributed by atoms with Crippen molar-refractivity contribution in [1.82, 2.24) is 0 Å². The Morgan fingerprint density at radius 3 is 2.00 bits per heavy atom. The van der Waals surface area contributed by atoms with Gasteiger partial charge in [0.05, 0.1) is 11.5 Å². The highest BCUT2D eigenvalue weighted by molar-refractivity contribution is 7.76. The zero-order valence-electron chi connectivity index (χ0n) is 19.4. The van der Waals surface area contributed by atoms with E-state index in [1.165, 1.54) is 17.0 Å². The lowest BCUT2D eigenvalue weighted by molar-refractivity contribution is 0.175. The summed E-state index contributed by atoms with van der Waals surface area (Å²) in [5, 5.41) is 4.40. The van der Waals surface area contributed by atoms with Gasteiger partial charge in [-0.3, -0.25) is 0 Å². The Morgan fingerprint density at radius 2 is 1.52 bits per heavy atom. The number of hydrogen-bond donors (Lipinski definition) is 0. The van der Waals surface area contributed by atoms with Gasteiger partial charge in [-0.2, -0.15) is 0 Å². The smallest absolute Gasteiger partial charge is 0.195 e. The quantitative estimate of drug-likeness (QED) is 0.522. The number of benzene rings is 2. The Hall–Kier alpha value is -1.92. The molecule has 0 amide bonds. The van der Waals surface area contributed by atoms with Crippen molar-refractivity contribution in [3.63, 3.8) is 0 Å². The third kappa shape index (κ3) is 3.13. The highest BCUT2D eigenvalue weighted by Gasteiger charge is 2.65. The topological polar surface area (TPSA) is 21.6 Å². The van der Waals surface area contributed by atoms with Crippen molar-refractivity contribution in [3.8, 4) is 0 Å². The summed E-state index contributed by atoms with van der Waals surface area (Å²) in [6, 6.07) is 22.4. The van der Waals surface area contributed by atoms with E-state index in [4.69, 9.17) is 9.73 Å². The van der Waals surface area contributed by atoms with Gasteiger partial charge >= 0.3 is 0 Å². The predicted molar refractivity (Wildman–Crippen MR) is 133 cm³/mol. The van der Waals surface area contributed by atoms with Crippen LogP contribution in [0, 0.1) is 22.2 Å². The van der Waals surface area contributed by atoms with Crippen LogP contribution in [0.3, 0.4) is 0 Å². The molecule has 0 aromatic heterocycles.